The van der Waals surface area contributed by atoms with Gasteiger partial charge in [0.25, 0.3) is 0 Å². The second-order valence-electron chi connectivity index (χ2n) is 5.53. The Morgan fingerprint density at radius 1 is 1.22 bits per heavy atom. The van der Waals surface area contributed by atoms with Crippen molar-refractivity contribution in [2.75, 3.05) is 39.8 Å². The molecule has 132 valence electrons. The zero-order valence-corrected chi connectivity index (χ0v) is 15.2. The van der Waals surface area contributed by atoms with Gasteiger partial charge in [-0.15, -0.1) is 24.8 Å². The highest BCUT2D eigenvalue weighted by Crippen LogP contribution is 2.14. The standard InChI is InChI=1S/C16H25N3O2.2ClH/c1-17-7-3-6-16(21)19-10-8-18(9-11-19)13-14-4-2-5-15(20)12-14;;/h2,4-5,12,17,20H,3,6-11,13H2,1H3;2*1H. The van der Waals surface area contributed by atoms with Crippen LogP contribution in [0, 0.1) is 0 Å². The highest BCUT2D eigenvalue weighted by atomic mass is 35.5. The number of amides is 1. The van der Waals surface area contributed by atoms with E-state index in [1.807, 2.05) is 24.1 Å². The average molecular weight is 364 g/mol. The first kappa shape index (κ1) is 22.0. The molecule has 1 aromatic rings. The van der Waals surface area contributed by atoms with Crippen LogP contribution in [0.25, 0.3) is 0 Å². The van der Waals surface area contributed by atoms with E-state index < -0.39 is 0 Å². The first-order chi connectivity index (χ1) is 10.2. The van der Waals surface area contributed by atoms with E-state index in [1.54, 1.807) is 12.1 Å². The normalized spacial score (nSPS) is 14.7. The van der Waals surface area contributed by atoms with Crippen LogP contribution in [0.2, 0.25) is 0 Å². The number of hydrogen-bond donors (Lipinski definition) is 2. The van der Waals surface area contributed by atoms with E-state index >= 15 is 0 Å². The number of aromatic hydroxyl groups is 1. The maximum absolute atomic E-state index is 12.0. The molecular weight excluding hydrogens is 337 g/mol. The number of phenols is 1. The molecule has 5 nitrogen and oxygen atoms in total. The molecule has 0 aromatic heterocycles. The molecule has 1 heterocycles. The number of halogens is 2. The molecule has 1 fully saturated rings. The third kappa shape index (κ3) is 7.40. The van der Waals surface area contributed by atoms with Crippen LogP contribution in [0.4, 0.5) is 0 Å². The second kappa shape index (κ2) is 11.5. The molecule has 7 heteroatoms. The lowest BCUT2D eigenvalue weighted by atomic mass is 10.2. The Balaban J connectivity index is 0.00000242. The molecule has 1 aliphatic heterocycles. The van der Waals surface area contributed by atoms with Gasteiger partial charge in [-0.05, 0) is 37.7 Å². The van der Waals surface area contributed by atoms with Crippen LogP contribution in [0.5, 0.6) is 5.75 Å². The van der Waals surface area contributed by atoms with Gasteiger partial charge in [-0.3, -0.25) is 9.69 Å². The lowest BCUT2D eigenvalue weighted by Crippen LogP contribution is -2.48. The first-order valence-corrected chi connectivity index (χ1v) is 7.61. The SMILES string of the molecule is CNCCCC(=O)N1CCN(Cc2cccc(O)c2)CC1.Cl.Cl. The van der Waals surface area contributed by atoms with Gasteiger partial charge in [0.15, 0.2) is 0 Å². The summed E-state index contributed by atoms with van der Waals surface area (Å²) in [5.41, 5.74) is 1.11. The van der Waals surface area contributed by atoms with E-state index in [-0.39, 0.29) is 30.7 Å². The number of carbonyl (C=O) groups is 1. The second-order valence-corrected chi connectivity index (χ2v) is 5.53. The van der Waals surface area contributed by atoms with E-state index in [4.69, 9.17) is 0 Å². The number of nitrogens with one attached hydrogen (secondary N) is 1. The highest BCUT2D eigenvalue weighted by molar-refractivity contribution is 5.85. The van der Waals surface area contributed by atoms with Gasteiger partial charge in [0.2, 0.25) is 5.91 Å². The molecule has 0 spiro atoms. The molecule has 23 heavy (non-hydrogen) atoms. The van der Waals surface area contributed by atoms with Crippen molar-refractivity contribution in [3.05, 3.63) is 29.8 Å². The number of rotatable bonds is 6. The van der Waals surface area contributed by atoms with Crippen LogP contribution in [-0.4, -0.2) is 60.6 Å². The lowest BCUT2D eigenvalue weighted by molar-refractivity contribution is -0.133. The topological polar surface area (TPSA) is 55.8 Å². The van der Waals surface area contributed by atoms with Gasteiger partial charge >= 0.3 is 0 Å². The minimum atomic E-state index is 0. The van der Waals surface area contributed by atoms with E-state index in [2.05, 4.69) is 10.2 Å². The van der Waals surface area contributed by atoms with E-state index in [0.29, 0.717) is 12.2 Å². The summed E-state index contributed by atoms with van der Waals surface area (Å²) in [5, 5.41) is 12.5. The van der Waals surface area contributed by atoms with Crippen LogP contribution in [-0.2, 0) is 11.3 Å². The Kier molecular flexibility index (Phi) is 11.0. The van der Waals surface area contributed by atoms with E-state index in [1.165, 1.54) is 0 Å². The summed E-state index contributed by atoms with van der Waals surface area (Å²) < 4.78 is 0. The molecule has 0 atom stereocenters. The van der Waals surface area contributed by atoms with Crippen molar-refractivity contribution in [2.24, 2.45) is 0 Å². The molecule has 2 rings (SSSR count). The highest BCUT2D eigenvalue weighted by Gasteiger charge is 2.20. The molecule has 1 amide bonds. The summed E-state index contributed by atoms with van der Waals surface area (Å²) in [5.74, 6) is 0.577. The van der Waals surface area contributed by atoms with Gasteiger partial charge < -0.3 is 15.3 Å². The third-order valence-corrected chi connectivity index (χ3v) is 3.86. The van der Waals surface area contributed by atoms with Gasteiger partial charge in [0, 0.05) is 39.1 Å². The Morgan fingerprint density at radius 2 is 1.91 bits per heavy atom. The van der Waals surface area contributed by atoms with Gasteiger partial charge in [-0.2, -0.15) is 0 Å². The number of nitrogens with zero attached hydrogens (tertiary/aromatic N) is 2. The van der Waals surface area contributed by atoms with Crippen molar-refractivity contribution < 1.29 is 9.90 Å². The summed E-state index contributed by atoms with van der Waals surface area (Å²) >= 11 is 0. The van der Waals surface area contributed by atoms with Crippen molar-refractivity contribution >= 4 is 30.7 Å². The number of piperazine rings is 1. The minimum Gasteiger partial charge on any atom is -0.508 e. The summed E-state index contributed by atoms with van der Waals surface area (Å²) in [6, 6.07) is 7.38. The van der Waals surface area contributed by atoms with Crippen LogP contribution in [0.1, 0.15) is 18.4 Å². The average Bonchev–Trinajstić information content (AvgIpc) is 2.48. The molecule has 0 saturated carbocycles. The number of hydrogen-bond acceptors (Lipinski definition) is 4. The fourth-order valence-electron chi connectivity index (χ4n) is 2.64. The molecule has 0 radical (unpaired) electrons. The van der Waals surface area contributed by atoms with Gasteiger partial charge in [-0.25, -0.2) is 0 Å². The minimum absolute atomic E-state index is 0. The number of benzene rings is 1. The van der Waals surface area contributed by atoms with Crippen molar-refractivity contribution in [3.8, 4) is 5.75 Å². The molecule has 1 aromatic carbocycles. The third-order valence-electron chi connectivity index (χ3n) is 3.86. The zero-order valence-electron chi connectivity index (χ0n) is 13.5. The monoisotopic (exact) mass is 363 g/mol. The van der Waals surface area contributed by atoms with Gasteiger partial charge in [-0.1, -0.05) is 12.1 Å². The Morgan fingerprint density at radius 3 is 2.52 bits per heavy atom. The lowest BCUT2D eigenvalue weighted by Gasteiger charge is -2.34. The molecule has 1 aliphatic rings. The number of phenolic OH excluding ortho intramolecular Hbond substituents is 1. The van der Waals surface area contributed by atoms with Gasteiger partial charge in [0.05, 0.1) is 0 Å². The van der Waals surface area contributed by atoms with Crippen molar-refractivity contribution in [1.29, 1.82) is 0 Å². The van der Waals surface area contributed by atoms with Crippen molar-refractivity contribution in [3.63, 3.8) is 0 Å². The predicted molar refractivity (Wildman–Crippen MR) is 97.6 cm³/mol. The largest absolute Gasteiger partial charge is 0.508 e. The smallest absolute Gasteiger partial charge is 0.222 e. The maximum atomic E-state index is 12.0. The maximum Gasteiger partial charge on any atom is 0.222 e. The van der Waals surface area contributed by atoms with Gasteiger partial charge in [0.1, 0.15) is 5.75 Å². The molecular formula is C16H27Cl2N3O2. The Bertz CT molecular complexity index is 466. The summed E-state index contributed by atoms with van der Waals surface area (Å²) in [7, 11) is 1.91. The predicted octanol–water partition coefficient (Wildman–Crippen LogP) is 1.88. The fraction of sp³-hybridized carbons (Fsp3) is 0.562. The molecule has 1 saturated heterocycles. The van der Waals surface area contributed by atoms with Crippen molar-refractivity contribution in [1.82, 2.24) is 15.1 Å². The summed E-state index contributed by atoms with van der Waals surface area (Å²) in [6.07, 6.45) is 1.53. The zero-order chi connectivity index (χ0) is 15.1. The number of carbonyl (C=O) groups excluding carboxylic acids is 1. The fourth-order valence-corrected chi connectivity index (χ4v) is 2.64. The molecule has 0 aliphatic carbocycles. The van der Waals surface area contributed by atoms with Crippen LogP contribution in [0.3, 0.4) is 0 Å². The molecule has 0 bridgehead atoms. The quantitative estimate of drug-likeness (QED) is 0.757. The van der Waals surface area contributed by atoms with Crippen LogP contribution >= 0.6 is 24.8 Å². The molecule has 2 N–H and O–H groups in total. The van der Waals surface area contributed by atoms with Crippen LogP contribution < -0.4 is 5.32 Å². The Labute approximate surface area is 150 Å². The van der Waals surface area contributed by atoms with Crippen LogP contribution in [0.15, 0.2) is 24.3 Å². The Hall–Kier alpha value is -1.01. The molecule has 0 unspecified atom stereocenters. The summed E-state index contributed by atoms with van der Waals surface area (Å²) in [6.45, 7) is 5.12. The van der Waals surface area contributed by atoms with Crippen molar-refractivity contribution in [2.45, 2.75) is 19.4 Å². The van der Waals surface area contributed by atoms with E-state index in [0.717, 1.165) is 51.3 Å². The summed E-state index contributed by atoms with van der Waals surface area (Å²) in [4.78, 5) is 16.3. The first-order valence-electron chi connectivity index (χ1n) is 7.61. The van der Waals surface area contributed by atoms with E-state index in [9.17, 15) is 9.90 Å².